The van der Waals surface area contributed by atoms with Gasteiger partial charge in [-0.3, -0.25) is 14.8 Å². The van der Waals surface area contributed by atoms with Crippen molar-refractivity contribution in [2.45, 2.75) is 20.0 Å². The van der Waals surface area contributed by atoms with Gasteiger partial charge < -0.3 is 0 Å². The van der Waals surface area contributed by atoms with E-state index in [0.29, 0.717) is 0 Å². The van der Waals surface area contributed by atoms with Crippen molar-refractivity contribution in [2.24, 2.45) is 0 Å². The number of thiazole rings is 1. The number of aromatic nitrogens is 2. The molecule has 0 atom stereocenters. The van der Waals surface area contributed by atoms with Gasteiger partial charge in [0.05, 0.1) is 10.7 Å². The van der Waals surface area contributed by atoms with Crippen molar-refractivity contribution in [3.05, 3.63) is 46.2 Å². The molecule has 0 amide bonds. The van der Waals surface area contributed by atoms with Crippen LogP contribution in [0.3, 0.4) is 0 Å². The molecule has 0 bridgehead atoms. The maximum Gasteiger partial charge on any atom is 0.0897 e. The van der Waals surface area contributed by atoms with Gasteiger partial charge in [-0.2, -0.15) is 0 Å². The predicted molar refractivity (Wildman–Crippen MR) is 81.6 cm³/mol. The second-order valence-electron chi connectivity index (χ2n) is 5.27. The minimum atomic E-state index is 0.993. The monoisotopic (exact) mass is 288 g/mol. The van der Waals surface area contributed by atoms with E-state index in [-0.39, 0.29) is 0 Å². The highest BCUT2D eigenvalue weighted by Gasteiger charge is 2.17. The molecule has 2 aromatic heterocycles. The van der Waals surface area contributed by atoms with Crippen molar-refractivity contribution in [3.63, 3.8) is 0 Å². The molecule has 20 heavy (non-hydrogen) atoms. The van der Waals surface area contributed by atoms with Gasteiger partial charge >= 0.3 is 0 Å². The molecule has 0 spiro atoms. The Morgan fingerprint density at radius 1 is 1.05 bits per heavy atom. The smallest absolute Gasteiger partial charge is 0.0897 e. The summed E-state index contributed by atoms with van der Waals surface area (Å²) >= 11 is 1.74. The van der Waals surface area contributed by atoms with E-state index in [1.807, 2.05) is 12.4 Å². The van der Waals surface area contributed by atoms with Crippen LogP contribution >= 0.6 is 11.3 Å². The zero-order valence-electron chi connectivity index (χ0n) is 11.8. The average Bonchev–Trinajstić information content (AvgIpc) is 2.88. The molecule has 0 aromatic carbocycles. The van der Waals surface area contributed by atoms with Gasteiger partial charge in [-0.15, -0.1) is 11.3 Å². The third-order valence-corrected chi connectivity index (χ3v) is 4.49. The van der Waals surface area contributed by atoms with Crippen molar-refractivity contribution in [1.82, 2.24) is 19.8 Å². The highest BCUT2D eigenvalue weighted by molar-refractivity contribution is 7.09. The fourth-order valence-electron chi connectivity index (χ4n) is 2.56. The highest BCUT2D eigenvalue weighted by atomic mass is 32.1. The van der Waals surface area contributed by atoms with E-state index < -0.39 is 0 Å². The topological polar surface area (TPSA) is 32.3 Å². The average molecular weight is 288 g/mol. The summed E-state index contributed by atoms with van der Waals surface area (Å²) in [7, 11) is 0. The van der Waals surface area contributed by atoms with Crippen molar-refractivity contribution in [1.29, 1.82) is 0 Å². The van der Waals surface area contributed by atoms with E-state index >= 15 is 0 Å². The van der Waals surface area contributed by atoms with Gasteiger partial charge in [0.2, 0.25) is 0 Å². The van der Waals surface area contributed by atoms with Crippen LogP contribution in [-0.2, 0) is 13.1 Å². The molecule has 2 aromatic rings. The number of piperazine rings is 1. The summed E-state index contributed by atoms with van der Waals surface area (Å²) < 4.78 is 0. The SMILES string of the molecule is Cc1nc(CN2CCN(Cc3ccncc3)CC2)cs1. The maximum absolute atomic E-state index is 4.55. The third-order valence-electron chi connectivity index (χ3n) is 3.67. The van der Waals surface area contributed by atoms with Gasteiger partial charge in [0, 0.05) is 57.0 Å². The van der Waals surface area contributed by atoms with Crippen LogP contribution in [0, 0.1) is 6.92 Å². The molecule has 1 saturated heterocycles. The molecular weight excluding hydrogens is 268 g/mol. The van der Waals surface area contributed by atoms with Crippen molar-refractivity contribution >= 4 is 11.3 Å². The molecule has 5 heteroatoms. The lowest BCUT2D eigenvalue weighted by Gasteiger charge is -2.34. The second-order valence-corrected chi connectivity index (χ2v) is 6.33. The lowest BCUT2D eigenvalue weighted by atomic mass is 10.2. The molecule has 1 aliphatic heterocycles. The van der Waals surface area contributed by atoms with Crippen LogP contribution in [0.4, 0.5) is 0 Å². The molecule has 0 radical (unpaired) electrons. The quantitative estimate of drug-likeness (QED) is 0.863. The van der Waals surface area contributed by atoms with Crippen LogP contribution in [0.5, 0.6) is 0 Å². The summed E-state index contributed by atoms with van der Waals surface area (Å²) in [5, 5.41) is 3.34. The van der Waals surface area contributed by atoms with Crippen LogP contribution in [-0.4, -0.2) is 45.9 Å². The van der Waals surface area contributed by atoms with Gasteiger partial charge in [0.1, 0.15) is 0 Å². The van der Waals surface area contributed by atoms with E-state index in [4.69, 9.17) is 0 Å². The molecular formula is C15H20N4S. The zero-order chi connectivity index (χ0) is 13.8. The third kappa shape index (κ3) is 3.62. The van der Waals surface area contributed by atoms with Crippen LogP contribution < -0.4 is 0 Å². The molecule has 3 heterocycles. The first-order chi connectivity index (χ1) is 9.79. The van der Waals surface area contributed by atoms with Crippen LogP contribution in [0.2, 0.25) is 0 Å². The fraction of sp³-hybridized carbons (Fsp3) is 0.467. The molecule has 106 valence electrons. The van der Waals surface area contributed by atoms with E-state index in [1.165, 1.54) is 11.3 Å². The Hall–Kier alpha value is -1.30. The molecule has 1 fully saturated rings. The number of rotatable bonds is 4. The summed E-state index contributed by atoms with van der Waals surface area (Å²) in [4.78, 5) is 13.6. The Labute approximate surface area is 124 Å². The van der Waals surface area contributed by atoms with Crippen molar-refractivity contribution < 1.29 is 0 Å². The summed E-state index contributed by atoms with van der Waals surface area (Å²) in [5.41, 5.74) is 2.57. The van der Waals surface area contributed by atoms with Crippen molar-refractivity contribution in [3.8, 4) is 0 Å². The van der Waals surface area contributed by atoms with Gasteiger partial charge in [-0.25, -0.2) is 4.98 Å². The summed E-state index contributed by atoms with van der Waals surface area (Å²) in [6.45, 7) is 8.61. The summed E-state index contributed by atoms with van der Waals surface area (Å²) in [5.74, 6) is 0. The zero-order valence-corrected chi connectivity index (χ0v) is 12.6. The summed E-state index contributed by atoms with van der Waals surface area (Å²) in [6.07, 6.45) is 3.74. The van der Waals surface area contributed by atoms with Gasteiger partial charge in [-0.05, 0) is 24.6 Å². The Morgan fingerprint density at radius 2 is 1.70 bits per heavy atom. The normalized spacial score (nSPS) is 17.4. The second kappa shape index (κ2) is 6.43. The molecule has 0 N–H and O–H groups in total. The van der Waals surface area contributed by atoms with Crippen LogP contribution in [0.25, 0.3) is 0 Å². The molecule has 0 saturated carbocycles. The van der Waals surface area contributed by atoms with E-state index in [2.05, 4.69) is 44.2 Å². The van der Waals surface area contributed by atoms with E-state index in [1.54, 1.807) is 11.3 Å². The Balaban J connectivity index is 1.47. The minimum absolute atomic E-state index is 0.993. The largest absolute Gasteiger partial charge is 0.297 e. The Morgan fingerprint density at radius 3 is 2.30 bits per heavy atom. The van der Waals surface area contributed by atoms with Gasteiger partial charge in [0.25, 0.3) is 0 Å². The molecule has 0 aliphatic carbocycles. The number of aryl methyl sites for hydroxylation is 1. The number of nitrogens with zero attached hydrogens (tertiary/aromatic N) is 4. The minimum Gasteiger partial charge on any atom is -0.297 e. The first-order valence-electron chi connectivity index (χ1n) is 7.04. The predicted octanol–water partition coefficient (Wildman–Crippen LogP) is 2.16. The molecule has 1 aliphatic rings. The van der Waals surface area contributed by atoms with Gasteiger partial charge in [0.15, 0.2) is 0 Å². The molecule has 0 unspecified atom stereocenters. The van der Waals surface area contributed by atoms with Crippen LogP contribution in [0.15, 0.2) is 29.9 Å². The first-order valence-corrected chi connectivity index (χ1v) is 7.92. The summed E-state index contributed by atoms with van der Waals surface area (Å²) in [6, 6.07) is 4.20. The number of hydrogen-bond donors (Lipinski definition) is 0. The lowest BCUT2D eigenvalue weighted by Crippen LogP contribution is -2.45. The van der Waals surface area contributed by atoms with Crippen molar-refractivity contribution in [2.75, 3.05) is 26.2 Å². The molecule has 3 rings (SSSR count). The first kappa shape index (κ1) is 13.7. The Bertz CT molecular complexity index is 532. The standard InChI is InChI=1S/C15H20N4S/c1-13-17-15(12-20-13)11-19-8-6-18(7-9-19)10-14-2-4-16-5-3-14/h2-5,12H,6-11H2,1H3. The van der Waals surface area contributed by atoms with Gasteiger partial charge in [-0.1, -0.05) is 0 Å². The highest BCUT2D eigenvalue weighted by Crippen LogP contribution is 2.13. The van der Waals surface area contributed by atoms with E-state index in [0.717, 1.165) is 44.3 Å². The number of hydrogen-bond acceptors (Lipinski definition) is 5. The number of pyridine rings is 1. The van der Waals surface area contributed by atoms with E-state index in [9.17, 15) is 0 Å². The lowest BCUT2D eigenvalue weighted by molar-refractivity contribution is 0.121. The maximum atomic E-state index is 4.55. The Kier molecular flexibility index (Phi) is 4.40. The molecule has 4 nitrogen and oxygen atoms in total. The fourth-order valence-corrected chi connectivity index (χ4v) is 3.17. The van der Waals surface area contributed by atoms with Crippen LogP contribution in [0.1, 0.15) is 16.3 Å².